The third-order valence-corrected chi connectivity index (χ3v) is 5.13. The molecule has 0 aliphatic carbocycles. The van der Waals surface area contributed by atoms with Gasteiger partial charge in [0, 0.05) is 21.3 Å². The maximum atomic E-state index is 12.3. The molecular weight excluding hydrogens is 325 g/mol. The van der Waals surface area contributed by atoms with Gasteiger partial charge in [-0.2, -0.15) is 0 Å². The smallest absolute Gasteiger partial charge is 0.238 e. The minimum Gasteiger partial charge on any atom is -0.295 e. The average molecular weight is 338 g/mol. The summed E-state index contributed by atoms with van der Waals surface area (Å²) in [5, 5.41) is 1.08. The van der Waals surface area contributed by atoms with Gasteiger partial charge in [-0.05, 0) is 36.8 Å². The van der Waals surface area contributed by atoms with Crippen molar-refractivity contribution in [1.29, 1.82) is 0 Å². The van der Waals surface area contributed by atoms with E-state index >= 15 is 0 Å². The van der Waals surface area contributed by atoms with Crippen molar-refractivity contribution >= 4 is 46.6 Å². The van der Waals surface area contributed by atoms with Gasteiger partial charge in [-0.15, -0.1) is 11.8 Å². The number of hydrogen-bond donors (Lipinski definition) is 0. The van der Waals surface area contributed by atoms with Crippen LogP contribution in [-0.2, 0) is 4.79 Å². The van der Waals surface area contributed by atoms with E-state index in [9.17, 15) is 4.79 Å². The minimum atomic E-state index is -0.107. The van der Waals surface area contributed by atoms with Gasteiger partial charge in [0.15, 0.2) is 0 Å². The van der Waals surface area contributed by atoms with Crippen LogP contribution in [0.25, 0.3) is 0 Å². The van der Waals surface area contributed by atoms with E-state index in [1.165, 1.54) is 0 Å². The zero-order chi connectivity index (χ0) is 15.0. The molecule has 5 heteroatoms. The Bertz CT molecular complexity index is 704. The Morgan fingerprint density at radius 2 is 2.00 bits per heavy atom. The first kappa shape index (κ1) is 14.8. The van der Waals surface area contributed by atoms with Crippen LogP contribution >= 0.6 is 35.0 Å². The number of anilines is 1. The molecule has 0 bridgehead atoms. The van der Waals surface area contributed by atoms with Crippen molar-refractivity contribution in [2.45, 2.75) is 12.3 Å². The Kier molecular flexibility index (Phi) is 4.16. The average Bonchev–Trinajstić information content (AvgIpc) is 2.80. The summed E-state index contributed by atoms with van der Waals surface area (Å²) < 4.78 is 0. The molecule has 1 aliphatic rings. The van der Waals surface area contributed by atoms with E-state index in [1.54, 1.807) is 23.9 Å². The van der Waals surface area contributed by atoms with Gasteiger partial charge in [-0.3, -0.25) is 9.69 Å². The highest BCUT2D eigenvalue weighted by Gasteiger charge is 2.35. The van der Waals surface area contributed by atoms with Crippen LogP contribution < -0.4 is 4.90 Å². The molecule has 1 aliphatic heterocycles. The molecule has 0 aromatic heterocycles. The first-order valence-electron chi connectivity index (χ1n) is 6.51. The topological polar surface area (TPSA) is 20.3 Å². The standard InChI is InChI=1S/C16H13Cl2NOS/c1-10-3-2-4-12(7-10)19-15(20)9-21-16(19)13-6-5-11(17)8-14(13)18/h2-8,16H,9H2,1H3/t16-/m1/s1. The molecule has 1 atom stereocenters. The molecule has 0 radical (unpaired) electrons. The van der Waals surface area contributed by atoms with E-state index in [0.717, 1.165) is 16.8 Å². The predicted molar refractivity (Wildman–Crippen MR) is 90.3 cm³/mol. The summed E-state index contributed by atoms with van der Waals surface area (Å²) in [4.78, 5) is 14.1. The van der Waals surface area contributed by atoms with E-state index in [2.05, 4.69) is 0 Å². The van der Waals surface area contributed by atoms with Crippen molar-refractivity contribution in [3.63, 3.8) is 0 Å². The number of nitrogens with zero attached hydrogens (tertiary/aromatic N) is 1. The third-order valence-electron chi connectivity index (χ3n) is 3.38. The SMILES string of the molecule is Cc1cccc(N2C(=O)CS[C@@H]2c2ccc(Cl)cc2Cl)c1. The molecule has 1 fully saturated rings. The molecule has 0 N–H and O–H groups in total. The quantitative estimate of drug-likeness (QED) is 0.761. The van der Waals surface area contributed by atoms with Gasteiger partial charge in [0.1, 0.15) is 5.37 Å². The van der Waals surface area contributed by atoms with Crippen molar-refractivity contribution in [3.05, 3.63) is 63.6 Å². The number of benzene rings is 2. The molecular formula is C16H13Cl2NOS. The third kappa shape index (κ3) is 2.91. The second kappa shape index (κ2) is 5.91. The number of amides is 1. The predicted octanol–water partition coefficient (Wildman–Crippen LogP) is 5.08. The molecule has 2 aromatic rings. The van der Waals surface area contributed by atoms with Crippen molar-refractivity contribution in [1.82, 2.24) is 0 Å². The van der Waals surface area contributed by atoms with E-state index < -0.39 is 0 Å². The lowest BCUT2D eigenvalue weighted by atomic mass is 10.1. The summed E-state index contributed by atoms with van der Waals surface area (Å²) >= 11 is 13.8. The summed E-state index contributed by atoms with van der Waals surface area (Å²) in [6.07, 6.45) is 0. The number of rotatable bonds is 2. The highest BCUT2D eigenvalue weighted by atomic mass is 35.5. The number of thioether (sulfide) groups is 1. The molecule has 3 rings (SSSR count). The maximum Gasteiger partial charge on any atom is 0.238 e. The van der Waals surface area contributed by atoms with Gasteiger partial charge in [0.25, 0.3) is 0 Å². The fourth-order valence-corrected chi connectivity index (χ4v) is 4.20. The van der Waals surface area contributed by atoms with Gasteiger partial charge in [-0.25, -0.2) is 0 Å². The number of aryl methyl sites for hydroxylation is 1. The fraction of sp³-hybridized carbons (Fsp3) is 0.188. The lowest BCUT2D eigenvalue weighted by molar-refractivity contribution is -0.115. The lowest BCUT2D eigenvalue weighted by Crippen LogP contribution is -2.27. The Hall–Kier alpha value is -1.16. The molecule has 0 spiro atoms. The van der Waals surface area contributed by atoms with Gasteiger partial charge < -0.3 is 0 Å². The molecule has 108 valence electrons. The Balaban J connectivity index is 2.03. The molecule has 21 heavy (non-hydrogen) atoms. The molecule has 1 heterocycles. The van der Waals surface area contributed by atoms with Crippen molar-refractivity contribution in [2.24, 2.45) is 0 Å². The van der Waals surface area contributed by atoms with Crippen LogP contribution in [0, 0.1) is 6.92 Å². The maximum absolute atomic E-state index is 12.3. The van der Waals surface area contributed by atoms with Crippen LogP contribution in [-0.4, -0.2) is 11.7 Å². The molecule has 2 nitrogen and oxygen atoms in total. The monoisotopic (exact) mass is 337 g/mol. The number of carbonyl (C=O) groups excluding carboxylic acids is 1. The van der Waals surface area contributed by atoms with E-state index in [-0.39, 0.29) is 11.3 Å². The summed E-state index contributed by atoms with van der Waals surface area (Å²) in [6, 6.07) is 13.4. The Morgan fingerprint density at radius 1 is 1.19 bits per heavy atom. The van der Waals surface area contributed by atoms with Crippen LogP contribution in [0.15, 0.2) is 42.5 Å². The van der Waals surface area contributed by atoms with Crippen LogP contribution in [0.5, 0.6) is 0 Å². The molecule has 1 amide bonds. The Labute approximate surface area is 138 Å². The van der Waals surface area contributed by atoms with Crippen molar-refractivity contribution < 1.29 is 4.79 Å². The number of hydrogen-bond acceptors (Lipinski definition) is 2. The molecule has 0 saturated carbocycles. The first-order chi connectivity index (χ1) is 10.1. The summed E-state index contributed by atoms with van der Waals surface area (Å²) in [5.74, 6) is 0.555. The zero-order valence-electron chi connectivity index (χ0n) is 11.3. The van der Waals surface area contributed by atoms with Gasteiger partial charge in [0.05, 0.1) is 5.75 Å². The Morgan fingerprint density at radius 3 is 2.71 bits per heavy atom. The van der Waals surface area contributed by atoms with Crippen molar-refractivity contribution in [3.8, 4) is 0 Å². The minimum absolute atomic E-state index is 0.0987. The molecule has 2 aromatic carbocycles. The second-order valence-corrected chi connectivity index (χ2v) is 6.84. The summed E-state index contributed by atoms with van der Waals surface area (Å²) in [5.41, 5.74) is 2.94. The molecule has 0 unspecified atom stereocenters. The van der Waals surface area contributed by atoms with Crippen molar-refractivity contribution in [2.75, 3.05) is 10.7 Å². The van der Waals surface area contributed by atoms with Crippen LogP contribution in [0.4, 0.5) is 5.69 Å². The first-order valence-corrected chi connectivity index (χ1v) is 8.32. The van der Waals surface area contributed by atoms with Gasteiger partial charge in [-0.1, -0.05) is 41.4 Å². The zero-order valence-corrected chi connectivity index (χ0v) is 13.7. The van der Waals surface area contributed by atoms with Crippen LogP contribution in [0.1, 0.15) is 16.5 Å². The molecule has 1 saturated heterocycles. The lowest BCUT2D eigenvalue weighted by Gasteiger charge is -2.25. The normalized spacial score (nSPS) is 18.3. The largest absolute Gasteiger partial charge is 0.295 e. The van der Waals surface area contributed by atoms with Crippen LogP contribution in [0.3, 0.4) is 0 Å². The number of halogens is 2. The van der Waals surface area contributed by atoms with E-state index in [0.29, 0.717) is 15.8 Å². The van der Waals surface area contributed by atoms with Gasteiger partial charge >= 0.3 is 0 Å². The highest BCUT2D eigenvalue weighted by Crippen LogP contribution is 2.44. The number of carbonyl (C=O) groups is 1. The van der Waals surface area contributed by atoms with E-state index in [1.807, 2.05) is 42.2 Å². The van der Waals surface area contributed by atoms with Gasteiger partial charge in [0.2, 0.25) is 5.91 Å². The van der Waals surface area contributed by atoms with Crippen LogP contribution in [0.2, 0.25) is 10.0 Å². The second-order valence-electron chi connectivity index (χ2n) is 4.93. The summed E-state index contributed by atoms with van der Waals surface area (Å²) in [7, 11) is 0. The summed E-state index contributed by atoms with van der Waals surface area (Å²) in [6.45, 7) is 2.02. The van der Waals surface area contributed by atoms with E-state index in [4.69, 9.17) is 23.2 Å². The highest BCUT2D eigenvalue weighted by molar-refractivity contribution is 8.00. The fourth-order valence-electron chi connectivity index (χ4n) is 2.41.